The van der Waals surface area contributed by atoms with E-state index >= 15 is 0 Å². The Morgan fingerprint density at radius 1 is 1.19 bits per heavy atom. The summed E-state index contributed by atoms with van der Waals surface area (Å²) in [5, 5.41) is 14.6. The van der Waals surface area contributed by atoms with Gasteiger partial charge >= 0.3 is 6.09 Å². The number of para-hydroxylation sites is 1. The molecule has 9 nitrogen and oxygen atoms in total. The van der Waals surface area contributed by atoms with Gasteiger partial charge in [-0.05, 0) is 31.2 Å². The van der Waals surface area contributed by atoms with E-state index in [0.717, 1.165) is 27.0 Å². The van der Waals surface area contributed by atoms with Crippen molar-refractivity contribution >= 4 is 34.7 Å². The molecule has 1 fully saturated rings. The Kier molecular flexibility index (Phi) is 6.72. The average Bonchev–Trinajstić information content (AvgIpc) is 3.40. The summed E-state index contributed by atoms with van der Waals surface area (Å²) < 4.78 is 12.5. The minimum Gasteiger partial charge on any atom is -0.465 e. The molecule has 1 N–H and O–H groups in total. The van der Waals surface area contributed by atoms with Crippen LogP contribution in [-0.4, -0.2) is 70.9 Å². The maximum atomic E-state index is 11.1. The molecule has 1 aromatic carbocycles. The zero-order chi connectivity index (χ0) is 22.5. The van der Waals surface area contributed by atoms with E-state index in [2.05, 4.69) is 10.00 Å². The van der Waals surface area contributed by atoms with Gasteiger partial charge in [0.2, 0.25) is 5.88 Å². The van der Waals surface area contributed by atoms with Gasteiger partial charge < -0.3 is 24.4 Å². The monoisotopic (exact) mass is 455 g/mol. The Hall–Kier alpha value is -3.37. The van der Waals surface area contributed by atoms with Crippen LogP contribution in [0.25, 0.3) is 17.8 Å². The molecule has 32 heavy (non-hydrogen) atoms. The van der Waals surface area contributed by atoms with E-state index in [-0.39, 0.29) is 6.79 Å². The molecule has 168 valence electrons. The van der Waals surface area contributed by atoms with Crippen molar-refractivity contribution in [2.75, 3.05) is 45.0 Å². The molecule has 10 heteroatoms. The quantitative estimate of drug-likeness (QED) is 0.544. The minimum atomic E-state index is -0.869. The first-order valence-corrected chi connectivity index (χ1v) is 11.0. The maximum absolute atomic E-state index is 11.1. The first-order chi connectivity index (χ1) is 15.5. The Balaban J connectivity index is 1.53. The molecule has 0 radical (unpaired) electrons. The normalized spacial score (nSPS) is 14.3. The van der Waals surface area contributed by atoms with Gasteiger partial charge in [0.15, 0.2) is 11.9 Å². The van der Waals surface area contributed by atoms with Gasteiger partial charge in [0.25, 0.3) is 0 Å². The molecule has 3 aromatic rings. The number of carbonyl (C=O) groups is 1. The van der Waals surface area contributed by atoms with E-state index < -0.39 is 6.09 Å². The number of ether oxygens (including phenoxy) is 2. The number of rotatable bonds is 7. The SMILES string of the molecule is COCOc1nn(-c2ccccc2)cc1/C=C/c1nc(N2CCN(C(=O)O)CC2)sc1C. The number of thiazole rings is 1. The lowest BCUT2D eigenvalue weighted by Gasteiger charge is -2.32. The molecule has 0 unspecified atom stereocenters. The molecule has 0 bridgehead atoms. The number of aryl methyl sites for hydroxylation is 1. The molecule has 4 rings (SSSR count). The lowest BCUT2D eigenvalue weighted by atomic mass is 10.2. The molecule has 0 aliphatic carbocycles. The largest absolute Gasteiger partial charge is 0.465 e. The van der Waals surface area contributed by atoms with Crippen molar-refractivity contribution in [3.8, 4) is 11.6 Å². The van der Waals surface area contributed by atoms with Gasteiger partial charge in [0, 0.05) is 44.4 Å². The number of aromatic nitrogens is 3. The summed E-state index contributed by atoms with van der Waals surface area (Å²) in [4.78, 5) is 20.6. The smallest absolute Gasteiger partial charge is 0.407 e. The molecule has 0 atom stereocenters. The number of benzene rings is 1. The second-order valence-electron chi connectivity index (χ2n) is 7.25. The van der Waals surface area contributed by atoms with E-state index in [1.807, 2.05) is 55.6 Å². The highest BCUT2D eigenvalue weighted by atomic mass is 32.1. The average molecular weight is 456 g/mol. The van der Waals surface area contributed by atoms with Crippen molar-refractivity contribution in [1.29, 1.82) is 0 Å². The van der Waals surface area contributed by atoms with Crippen LogP contribution in [0.4, 0.5) is 9.93 Å². The van der Waals surface area contributed by atoms with Crippen LogP contribution in [0.5, 0.6) is 5.88 Å². The van der Waals surface area contributed by atoms with Gasteiger partial charge in [0.1, 0.15) is 0 Å². The predicted octanol–water partition coefficient (Wildman–Crippen LogP) is 3.59. The highest BCUT2D eigenvalue weighted by Crippen LogP contribution is 2.29. The highest BCUT2D eigenvalue weighted by molar-refractivity contribution is 7.15. The second kappa shape index (κ2) is 9.84. The van der Waals surface area contributed by atoms with Gasteiger partial charge in [-0.2, -0.15) is 0 Å². The molecule has 2 aromatic heterocycles. The molecule has 1 saturated heterocycles. The fourth-order valence-corrected chi connectivity index (χ4v) is 4.31. The van der Waals surface area contributed by atoms with Crippen LogP contribution < -0.4 is 9.64 Å². The Labute approximate surface area is 190 Å². The zero-order valence-corrected chi connectivity index (χ0v) is 18.8. The van der Waals surface area contributed by atoms with Crippen LogP contribution in [-0.2, 0) is 4.74 Å². The van der Waals surface area contributed by atoms with Crippen LogP contribution >= 0.6 is 11.3 Å². The fourth-order valence-electron chi connectivity index (χ4n) is 3.37. The first kappa shape index (κ1) is 21.8. The van der Waals surface area contributed by atoms with Crippen molar-refractivity contribution in [2.45, 2.75) is 6.92 Å². The number of piperazine rings is 1. The summed E-state index contributed by atoms with van der Waals surface area (Å²) in [6.07, 6.45) is 4.93. The third kappa shape index (κ3) is 4.92. The number of amides is 1. The number of methoxy groups -OCH3 is 1. The van der Waals surface area contributed by atoms with Gasteiger partial charge in [-0.25, -0.2) is 14.5 Å². The van der Waals surface area contributed by atoms with Crippen LogP contribution in [0.3, 0.4) is 0 Å². The lowest BCUT2D eigenvalue weighted by Crippen LogP contribution is -2.48. The summed E-state index contributed by atoms with van der Waals surface area (Å²) in [6, 6.07) is 9.82. The molecule has 1 amide bonds. The predicted molar refractivity (Wildman–Crippen MR) is 124 cm³/mol. The van der Waals surface area contributed by atoms with E-state index in [9.17, 15) is 4.79 Å². The maximum Gasteiger partial charge on any atom is 0.407 e. The third-order valence-electron chi connectivity index (χ3n) is 5.10. The minimum absolute atomic E-state index is 0.106. The first-order valence-electron chi connectivity index (χ1n) is 10.2. The number of anilines is 1. The van der Waals surface area contributed by atoms with E-state index in [1.165, 1.54) is 4.90 Å². The molecule has 0 spiro atoms. The Bertz CT molecular complexity index is 1090. The molecular formula is C22H25N5O4S. The topological polar surface area (TPSA) is 93.0 Å². The summed E-state index contributed by atoms with van der Waals surface area (Å²) in [5.74, 6) is 0.477. The molecule has 1 aliphatic rings. The Morgan fingerprint density at radius 3 is 2.62 bits per heavy atom. The van der Waals surface area contributed by atoms with Crippen LogP contribution in [0.1, 0.15) is 16.1 Å². The van der Waals surface area contributed by atoms with Crippen molar-refractivity contribution in [1.82, 2.24) is 19.7 Å². The summed E-state index contributed by atoms with van der Waals surface area (Å²) in [7, 11) is 1.57. The van der Waals surface area contributed by atoms with Crippen LogP contribution in [0.2, 0.25) is 0 Å². The van der Waals surface area contributed by atoms with Crippen LogP contribution in [0, 0.1) is 6.92 Å². The van der Waals surface area contributed by atoms with E-state index in [0.29, 0.717) is 32.1 Å². The number of carboxylic acid groups (broad SMARTS) is 1. The van der Waals surface area contributed by atoms with Crippen molar-refractivity contribution in [3.05, 3.63) is 52.7 Å². The van der Waals surface area contributed by atoms with Gasteiger partial charge in [-0.1, -0.05) is 18.2 Å². The van der Waals surface area contributed by atoms with Gasteiger partial charge in [-0.15, -0.1) is 16.4 Å². The van der Waals surface area contributed by atoms with E-state index in [4.69, 9.17) is 19.6 Å². The Morgan fingerprint density at radius 2 is 1.94 bits per heavy atom. The summed E-state index contributed by atoms with van der Waals surface area (Å²) >= 11 is 1.61. The number of hydrogen-bond acceptors (Lipinski definition) is 7. The standard InChI is InChI=1S/C22H25N5O4S/c1-16-19(23-21(32-16)25-10-12-26(13-11-25)22(28)29)9-8-17-14-27(18-6-4-3-5-7-18)24-20(17)31-15-30-2/h3-9,14H,10-13,15H2,1-2H3,(H,28,29)/b9-8+. The molecule has 3 heterocycles. The zero-order valence-electron chi connectivity index (χ0n) is 18.0. The lowest BCUT2D eigenvalue weighted by molar-refractivity contribution is 0.0474. The van der Waals surface area contributed by atoms with Crippen molar-refractivity contribution in [3.63, 3.8) is 0 Å². The van der Waals surface area contributed by atoms with E-state index in [1.54, 1.807) is 23.1 Å². The summed E-state index contributed by atoms with van der Waals surface area (Å²) in [5.41, 5.74) is 2.62. The summed E-state index contributed by atoms with van der Waals surface area (Å²) in [6.45, 7) is 4.39. The number of nitrogens with zero attached hydrogens (tertiary/aromatic N) is 5. The highest BCUT2D eigenvalue weighted by Gasteiger charge is 2.22. The van der Waals surface area contributed by atoms with Crippen molar-refractivity contribution in [2.24, 2.45) is 0 Å². The fraction of sp³-hybridized carbons (Fsp3) is 0.318. The molecular weight excluding hydrogens is 430 g/mol. The van der Waals surface area contributed by atoms with Crippen LogP contribution in [0.15, 0.2) is 36.5 Å². The van der Waals surface area contributed by atoms with Crippen molar-refractivity contribution < 1.29 is 19.4 Å². The molecule has 0 saturated carbocycles. The second-order valence-corrected chi connectivity index (χ2v) is 8.43. The van der Waals surface area contributed by atoms with Gasteiger partial charge in [0.05, 0.1) is 16.9 Å². The van der Waals surface area contributed by atoms with Gasteiger partial charge in [-0.3, -0.25) is 0 Å². The number of hydrogen-bond donors (Lipinski definition) is 1. The third-order valence-corrected chi connectivity index (χ3v) is 6.15. The molecule has 1 aliphatic heterocycles.